The second-order valence-electron chi connectivity index (χ2n) is 7.31. The van der Waals surface area contributed by atoms with Gasteiger partial charge in [0.2, 0.25) is 0 Å². The number of rotatable bonds is 4. The van der Waals surface area contributed by atoms with Gasteiger partial charge in [0.1, 0.15) is 12.4 Å². The molecule has 1 fully saturated rings. The summed E-state index contributed by atoms with van der Waals surface area (Å²) >= 11 is 0. The average Bonchev–Trinajstić information content (AvgIpc) is 3.15. The standard InChI is InChI=1S/C20H18N4O2/c1-20(6-7-20)18-5-3-14(10-22-18)25-12-15-11-24-17-4-2-13(9-21)8-16(17)23-19(24)26-15/h2-5,8,10,15H,6-7,11-12H2,1H3/t15-/m0/s1. The van der Waals surface area contributed by atoms with Crippen LogP contribution in [0.2, 0.25) is 0 Å². The molecule has 0 spiro atoms. The number of nitrogens with zero attached hydrogens (tertiary/aromatic N) is 4. The maximum Gasteiger partial charge on any atom is 0.297 e. The summed E-state index contributed by atoms with van der Waals surface area (Å²) in [7, 11) is 0. The van der Waals surface area contributed by atoms with Crippen LogP contribution >= 0.6 is 0 Å². The Labute approximate surface area is 151 Å². The van der Waals surface area contributed by atoms with Crippen LogP contribution in [0.15, 0.2) is 36.5 Å². The number of ether oxygens (including phenoxy) is 2. The van der Waals surface area contributed by atoms with E-state index in [1.807, 2.05) is 16.7 Å². The smallest absolute Gasteiger partial charge is 0.297 e. The van der Waals surface area contributed by atoms with Gasteiger partial charge in [0, 0.05) is 11.1 Å². The lowest BCUT2D eigenvalue weighted by molar-refractivity contribution is 0.143. The molecule has 1 aromatic carbocycles. The van der Waals surface area contributed by atoms with Gasteiger partial charge in [0.15, 0.2) is 6.10 Å². The molecule has 3 heterocycles. The molecule has 2 aromatic heterocycles. The third-order valence-electron chi connectivity index (χ3n) is 5.29. The van der Waals surface area contributed by atoms with Crippen LogP contribution in [0.1, 0.15) is 31.0 Å². The van der Waals surface area contributed by atoms with E-state index in [9.17, 15) is 0 Å². The molecule has 0 amide bonds. The molecule has 130 valence electrons. The van der Waals surface area contributed by atoms with Crippen LogP contribution in [0, 0.1) is 11.3 Å². The second kappa shape index (κ2) is 5.46. The van der Waals surface area contributed by atoms with Crippen molar-refractivity contribution in [1.29, 1.82) is 5.26 Å². The Bertz CT molecular complexity index is 1030. The molecule has 0 unspecified atom stereocenters. The Morgan fingerprint density at radius 1 is 1.35 bits per heavy atom. The van der Waals surface area contributed by atoms with Crippen LogP contribution in [-0.4, -0.2) is 27.2 Å². The number of nitriles is 1. The van der Waals surface area contributed by atoms with Gasteiger partial charge in [-0.2, -0.15) is 10.2 Å². The minimum atomic E-state index is -0.0850. The van der Waals surface area contributed by atoms with Crippen LogP contribution in [0.25, 0.3) is 11.0 Å². The van der Waals surface area contributed by atoms with Gasteiger partial charge in [-0.3, -0.25) is 9.55 Å². The van der Waals surface area contributed by atoms with E-state index in [0.29, 0.717) is 24.7 Å². The van der Waals surface area contributed by atoms with Crippen molar-refractivity contribution in [2.45, 2.75) is 37.8 Å². The minimum absolute atomic E-state index is 0.0850. The fraction of sp³-hybridized carbons (Fsp3) is 0.350. The topological polar surface area (TPSA) is 73.0 Å². The number of hydrogen-bond acceptors (Lipinski definition) is 5. The number of benzene rings is 1. The van der Waals surface area contributed by atoms with Crippen LogP contribution in [0.4, 0.5) is 0 Å². The molecular weight excluding hydrogens is 328 g/mol. The van der Waals surface area contributed by atoms with Gasteiger partial charge >= 0.3 is 0 Å². The van der Waals surface area contributed by atoms with Crippen molar-refractivity contribution in [2.24, 2.45) is 0 Å². The molecular formula is C20H18N4O2. The van der Waals surface area contributed by atoms with E-state index >= 15 is 0 Å². The zero-order valence-electron chi connectivity index (χ0n) is 14.5. The van der Waals surface area contributed by atoms with Crippen LogP contribution in [0.5, 0.6) is 11.8 Å². The molecule has 0 radical (unpaired) electrons. The predicted molar refractivity (Wildman–Crippen MR) is 95.2 cm³/mol. The molecule has 0 bridgehead atoms. The fourth-order valence-electron chi connectivity index (χ4n) is 3.38. The van der Waals surface area contributed by atoms with Gasteiger partial charge in [-0.1, -0.05) is 6.92 Å². The van der Waals surface area contributed by atoms with Crippen LogP contribution in [0.3, 0.4) is 0 Å². The first kappa shape index (κ1) is 15.2. The zero-order chi connectivity index (χ0) is 17.7. The molecule has 6 heteroatoms. The molecule has 1 aliphatic carbocycles. The summed E-state index contributed by atoms with van der Waals surface area (Å²) in [6, 6.07) is 12.3. The highest BCUT2D eigenvalue weighted by molar-refractivity contribution is 5.78. The lowest BCUT2D eigenvalue weighted by atomic mass is 10.1. The van der Waals surface area contributed by atoms with Crippen molar-refractivity contribution in [3.8, 4) is 17.8 Å². The lowest BCUT2D eigenvalue weighted by Crippen LogP contribution is -2.23. The summed E-state index contributed by atoms with van der Waals surface area (Å²) < 4.78 is 13.8. The highest BCUT2D eigenvalue weighted by atomic mass is 16.6. The van der Waals surface area contributed by atoms with Crippen molar-refractivity contribution in [3.05, 3.63) is 47.8 Å². The molecule has 0 saturated heterocycles. The minimum Gasteiger partial charge on any atom is -0.488 e. The Kier molecular flexibility index (Phi) is 3.20. The molecule has 26 heavy (non-hydrogen) atoms. The van der Waals surface area contributed by atoms with Gasteiger partial charge in [0.05, 0.1) is 35.4 Å². The average molecular weight is 346 g/mol. The highest BCUT2D eigenvalue weighted by Gasteiger charge is 2.40. The summed E-state index contributed by atoms with van der Waals surface area (Å²) in [4.78, 5) is 9.01. The van der Waals surface area contributed by atoms with Crippen LogP contribution in [-0.2, 0) is 12.0 Å². The summed E-state index contributed by atoms with van der Waals surface area (Å²) in [5, 5.41) is 8.99. The first-order valence-corrected chi connectivity index (χ1v) is 8.81. The molecule has 6 nitrogen and oxygen atoms in total. The van der Waals surface area contributed by atoms with Gasteiger partial charge in [-0.15, -0.1) is 0 Å². The van der Waals surface area contributed by atoms with Gasteiger partial charge in [-0.25, -0.2) is 0 Å². The van der Waals surface area contributed by atoms with Gasteiger partial charge in [-0.05, 0) is 43.2 Å². The molecule has 3 aromatic rings. The van der Waals surface area contributed by atoms with Crippen LogP contribution < -0.4 is 9.47 Å². The summed E-state index contributed by atoms with van der Waals surface area (Å²) in [6.45, 7) is 3.37. The van der Waals surface area contributed by atoms with E-state index < -0.39 is 0 Å². The van der Waals surface area contributed by atoms with Gasteiger partial charge in [0.25, 0.3) is 6.01 Å². The van der Waals surface area contributed by atoms with Crippen molar-refractivity contribution in [2.75, 3.05) is 6.61 Å². The maximum atomic E-state index is 8.99. The SMILES string of the molecule is CC1(c2ccc(OC[C@@H]3Cn4c(nc5cc(C#N)ccc54)O3)cn2)CC1. The third kappa shape index (κ3) is 2.48. The number of pyridine rings is 1. The Hall–Kier alpha value is -3.07. The lowest BCUT2D eigenvalue weighted by Gasteiger charge is -2.13. The predicted octanol–water partition coefficient (Wildman–Crippen LogP) is 3.19. The Morgan fingerprint density at radius 3 is 2.96 bits per heavy atom. The molecule has 1 atom stereocenters. The van der Waals surface area contributed by atoms with E-state index in [4.69, 9.17) is 14.7 Å². The molecule has 2 aliphatic rings. The summed E-state index contributed by atoms with van der Waals surface area (Å²) in [5.74, 6) is 0.759. The molecule has 1 aliphatic heterocycles. The summed E-state index contributed by atoms with van der Waals surface area (Å²) in [6.07, 6.45) is 4.14. The van der Waals surface area contributed by atoms with Crippen molar-refractivity contribution < 1.29 is 9.47 Å². The largest absolute Gasteiger partial charge is 0.488 e. The van der Waals surface area contributed by atoms with E-state index in [1.165, 1.54) is 12.8 Å². The third-order valence-corrected chi connectivity index (χ3v) is 5.29. The Morgan fingerprint density at radius 2 is 2.23 bits per heavy atom. The molecule has 5 rings (SSSR count). The fourth-order valence-corrected chi connectivity index (χ4v) is 3.38. The highest BCUT2D eigenvalue weighted by Crippen LogP contribution is 2.46. The molecule has 0 N–H and O–H groups in total. The normalized spacial score (nSPS) is 19.6. The maximum absolute atomic E-state index is 8.99. The monoisotopic (exact) mass is 346 g/mol. The van der Waals surface area contributed by atoms with E-state index in [0.717, 1.165) is 22.5 Å². The number of fused-ring (bicyclic) bond motifs is 3. The first-order valence-electron chi connectivity index (χ1n) is 8.81. The van der Waals surface area contributed by atoms with E-state index in [-0.39, 0.29) is 11.5 Å². The van der Waals surface area contributed by atoms with E-state index in [1.54, 1.807) is 18.3 Å². The zero-order valence-corrected chi connectivity index (χ0v) is 14.5. The van der Waals surface area contributed by atoms with Crippen molar-refractivity contribution in [1.82, 2.24) is 14.5 Å². The first-order chi connectivity index (χ1) is 12.6. The van der Waals surface area contributed by atoms with E-state index in [2.05, 4.69) is 29.0 Å². The van der Waals surface area contributed by atoms with Gasteiger partial charge < -0.3 is 9.47 Å². The van der Waals surface area contributed by atoms with Crippen molar-refractivity contribution in [3.63, 3.8) is 0 Å². The second-order valence-corrected chi connectivity index (χ2v) is 7.31. The number of imidazole rings is 1. The quantitative estimate of drug-likeness (QED) is 0.725. The number of aromatic nitrogens is 3. The number of hydrogen-bond donors (Lipinski definition) is 0. The summed E-state index contributed by atoms with van der Waals surface area (Å²) in [5.41, 5.74) is 3.78. The molecule has 1 saturated carbocycles. The van der Waals surface area contributed by atoms with Crippen molar-refractivity contribution >= 4 is 11.0 Å². The Balaban J connectivity index is 1.25.